The van der Waals surface area contributed by atoms with E-state index in [4.69, 9.17) is 0 Å². The Balaban J connectivity index is 1.81. The van der Waals surface area contributed by atoms with Crippen molar-refractivity contribution in [2.45, 2.75) is 6.54 Å². The van der Waals surface area contributed by atoms with Gasteiger partial charge in [0.2, 0.25) is 5.91 Å². The van der Waals surface area contributed by atoms with Crippen LogP contribution in [0.25, 0.3) is 0 Å². The summed E-state index contributed by atoms with van der Waals surface area (Å²) >= 11 is 1.23. The number of methoxy groups -OCH3 is 1. The Bertz CT molecular complexity index is 544. The van der Waals surface area contributed by atoms with Crippen LogP contribution >= 0.6 is 11.8 Å². The number of nitrogens with zero attached hydrogens (tertiary/aromatic N) is 1. The highest BCUT2D eigenvalue weighted by Crippen LogP contribution is 2.16. The maximum Gasteiger partial charge on any atom is 0.337 e. The number of amides is 2. The van der Waals surface area contributed by atoms with Gasteiger partial charge in [0.05, 0.1) is 12.7 Å². The van der Waals surface area contributed by atoms with E-state index in [0.29, 0.717) is 18.7 Å². The van der Waals surface area contributed by atoms with E-state index in [2.05, 4.69) is 10.1 Å². The number of carbonyl (C=O) groups excluding carboxylic acids is 3. The SMILES string of the molecule is COC(=O)c1ccc(CNC(=O)CN2CCSC2=O)cc1. The normalized spacial score (nSPS) is 14.1. The monoisotopic (exact) mass is 308 g/mol. The van der Waals surface area contributed by atoms with Gasteiger partial charge in [-0.3, -0.25) is 9.59 Å². The second-order valence-corrected chi connectivity index (χ2v) is 5.55. The molecule has 0 unspecified atom stereocenters. The third-order valence-electron chi connectivity index (χ3n) is 3.04. The third-order valence-corrected chi connectivity index (χ3v) is 3.94. The molecule has 0 aliphatic carbocycles. The molecule has 1 N–H and O–H groups in total. The van der Waals surface area contributed by atoms with E-state index in [9.17, 15) is 14.4 Å². The summed E-state index contributed by atoms with van der Waals surface area (Å²) in [6.45, 7) is 1.06. The number of thioether (sulfide) groups is 1. The number of hydrogen-bond donors (Lipinski definition) is 1. The highest BCUT2D eigenvalue weighted by Gasteiger charge is 2.22. The van der Waals surface area contributed by atoms with Crippen molar-refractivity contribution in [3.63, 3.8) is 0 Å². The molecule has 0 aromatic heterocycles. The lowest BCUT2D eigenvalue weighted by molar-refractivity contribution is -0.121. The van der Waals surface area contributed by atoms with Crippen LogP contribution in [0.1, 0.15) is 15.9 Å². The first kappa shape index (κ1) is 15.4. The van der Waals surface area contributed by atoms with Crippen LogP contribution in [0.5, 0.6) is 0 Å². The minimum atomic E-state index is -0.393. The molecular weight excluding hydrogens is 292 g/mol. The lowest BCUT2D eigenvalue weighted by Crippen LogP contribution is -2.36. The van der Waals surface area contributed by atoms with E-state index in [1.165, 1.54) is 23.8 Å². The molecule has 0 radical (unpaired) electrons. The average molecular weight is 308 g/mol. The molecule has 21 heavy (non-hydrogen) atoms. The Labute approximate surface area is 126 Å². The maximum atomic E-state index is 11.8. The summed E-state index contributed by atoms with van der Waals surface area (Å²) in [4.78, 5) is 35.9. The van der Waals surface area contributed by atoms with Crippen molar-refractivity contribution in [2.75, 3.05) is 26.0 Å². The second-order valence-electron chi connectivity index (χ2n) is 4.50. The number of rotatable bonds is 5. The number of esters is 1. The van der Waals surface area contributed by atoms with Crippen LogP contribution in [0, 0.1) is 0 Å². The summed E-state index contributed by atoms with van der Waals surface area (Å²) in [6.07, 6.45) is 0. The van der Waals surface area contributed by atoms with E-state index in [1.807, 2.05) is 0 Å². The lowest BCUT2D eigenvalue weighted by atomic mass is 10.1. The van der Waals surface area contributed by atoms with Gasteiger partial charge in [-0.05, 0) is 17.7 Å². The van der Waals surface area contributed by atoms with Crippen molar-refractivity contribution in [1.29, 1.82) is 0 Å². The minimum Gasteiger partial charge on any atom is -0.465 e. The van der Waals surface area contributed by atoms with Gasteiger partial charge in [-0.25, -0.2) is 4.79 Å². The maximum absolute atomic E-state index is 11.8. The zero-order valence-electron chi connectivity index (χ0n) is 11.6. The molecule has 2 rings (SSSR count). The molecule has 1 aliphatic heterocycles. The number of ether oxygens (including phenoxy) is 1. The van der Waals surface area contributed by atoms with Gasteiger partial charge >= 0.3 is 5.97 Å². The first-order valence-electron chi connectivity index (χ1n) is 6.46. The van der Waals surface area contributed by atoms with Crippen molar-refractivity contribution in [3.05, 3.63) is 35.4 Å². The predicted molar refractivity (Wildman–Crippen MR) is 79.1 cm³/mol. The zero-order valence-corrected chi connectivity index (χ0v) is 12.4. The van der Waals surface area contributed by atoms with Gasteiger partial charge in [0, 0.05) is 18.8 Å². The van der Waals surface area contributed by atoms with Crippen LogP contribution < -0.4 is 5.32 Å². The fraction of sp³-hybridized carbons (Fsp3) is 0.357. The van der Waals surface area contributed by atoms with Gasteiger partial charge < -0.3 is 15.0 Å². The molecule has 1 saturated heterocycles. The van der Waals surface area contributed by atoms with Crippen molar-refractivity contribution < 1.29 is 19.1 Å². The van der Waals surface area contributed by atoms with Crippen LogP contribution in [-0.2, 0) is 16.1 Å². The van der Waals surface area contributed by atoms with Gasteiger partial charge in [0.1, 0.15) is 6.54 Å². The molecule has 0 bridgehead atoms. The molecule has 112 valence electrons. The van der Waals surface area contributed by atoms with Crippen LogP contribution in [0.2, 0.25) is 0 Å². The van der Waals surface area contributed by atoms with Crippen molar-refractivity contribution in [1.82, 2.24) is 10.2 Å². The van der Waals surface area contributed by atoms with Crippen LogP contribution in [-0.4, -0.2) is 48.0 Å². The molecule has 0 atom stereocenters. The van der Waals surface area contributed by atoms with E-state index >= 15 is 0 Å². The Hall–Kier alpha value is -2.02. The van der Waals surface area contributed by atoms with E-state index < -0.39 is 5.97 Å². The van der Waals surface area contributed by atoms with E-state index in [0.717, 1.165) is 11.3 Å². The first-order valence-corrected chi connectivity index (χ1v) is 7.44. The molecule has 1 aromatic rings. The van der Waals surface area contributed by atoms with Gasteiger partial charge in [-0.15, -0.1) is 0 Å². The highest BCUT2D eigenvalue weighted by molar-refractivity contribution is 8.13. The predicted octanol–water partition coefficient (Wildman–Crippen LogP) is 1.26. The summed E-state index contributed by atoms with van der Waals surface area (Å²) in [5, 5.41) is 2.70. The molecule has 7 heteroatoms. The van der Waals surface area contributed by atoms with Gasteiger partial charge in [-0.2, -0.15) is 0 Å². The average Bonchev–Trinajstić information content (AvgIpc) is 2.90. The molecule has 1 heterocycles. The topological polar surface area (TPSA) is 75.7 Å². The number of hydrogen-bond acceptors (Lipinski definition) is 5. The summed E-state index contributed by atoms with van der Waals surface area (Å²) < 4.78 is 4.61. The third kappa shape index (κ3) is 4.22. The van der Waals surface area contributed by atoms with Crippen molar-refractivity contribution in [3.8, 4) is 0 Å². The fourth-order valence-electron chi connectivity index (χ4n) is 1.88. The summed E-state index contributed by atoms with van der Waals surface area (Å²) in [7, 11) is 1.33. The first-order chi connectivity index (χ1) is 10.1. The molecular formula is C14H16N2O4S. The summed E-state index contributed by atoms with van der Waals surface area (Å²) in [5.41, 5.74) is 1.34. The Morgan fingerprint density at radius 2 is 2.05 bits per heavy atom. The number of benzene rings is 1. The van der Waals surface area contributed by atoms with E-state index in [1.54, 1.807) is 24.3 Å². The lowest BCUT2D eigenvalue weighted by Gasteiger charge is -2.14. The van der Waals surface area contributed by atoms with Crippen molar-refractivity contribution in [2.24, 2.45) is 0 Å². The standard InChI is InChI=1S/C14H16N2O4S/c1-20-13(18)11-4-2-10(3-5-11)8-15-12(17)9-16-6-7-21-14(16)19/h2-5H,6-9H2,1H3,(H,15,17). The number of nitrogens with one attached hydrogen (secondary N) is 1. The van der Waals surface area contributed by atoms with E-state index in [-0.39, 0.29) is 17.7 Å². The zero-order chi connectivity index (χ0) is 15.2. The molecule has 1 fully saturated rings. The molecule has 2 amide bonds. The minimum absolute atomic E-state index is 0.0485. The molecule has 0 spiro atoms. The second kappa shape index (κ2) is 7.12. The van der Waals surface area contributed by atoms with Gasteiger partial charge in [0.15, 0.2) is 0 Å². The number of carbonyl (C=O) groups is 3. The quantitative estimate of drug-likeness (QED) is 0.829. The molecule has 1 aliphatic rings. The summed E-state index contributed by atoms with van der Waals surface area (Å²) in [5.74, 6) is 0.153. The Morgan fingerprint density at radius 3 is 2.62 bits per heavy atom. The van der Waals surface area contributed by atoms with Crippen LogP contribution in [0.3, 0.4) is 0 Å². The van der Waals surface area contributed by atoms with Gasteiger partial charge in [0.25, 0.3) is 5.24 Å². The van der Waals surface area contributed by atoms with Gasteiger partial charge in [-0.1, -0.05) is 23.9 Å². The fourth-order valence-corrected chi connectivity index (χ4v) is 2.70. The van der Waals surface area contributed by atoms with Crippen molar-refractivity contribution >= 4 is 28.9 Å². The highest BCUT2D eigenvalue weighted by atomic mass is 32.2. The molecule has 1 aromatic carbocycles. The van der Waals surface area contributed by atoms with Crippen LogP contribution in [0.4, 0.5) is 4.79 Å². The Kier molecular flexibility index (Phi) is 5.21. The molecule has 0 saturated carbocycles. The summed E-state index contributed by atoms with van der Waals surface area (Å²) in [6, 6.07) is 6.80. The Morgan fingerprint density at radius 1 is 1.33 bits per heavy atom. The smallest absolute Gasteiger partial charge is 0.337 e. The largest absolute Gasteiger partial charge is 0.465 e. The van der Waals surface area contributed by atoms with Crippen LogP contribution in [0.15, 0.2) is 24.3 Å². The molecule has 6 nitrogen and oxygen atoms in total.